The topological polar surface area (TPSA) is 43.8 Å². The van der Waals surface area contributed by atoms with Gasteiger partial charge in [0.05, 0.1) is 11.4 Å². The molecule has 1 aromatic carbocycles. The third-order valence-electron chi connectivity index (χ3n) is 2.35. The Hall–Kier alpha value is -1.75. The summed E-state index contributed by atoms with van der Waals surface area (Å²) in [5.74, 6) is -1.20. The summed E-state index contributed by atoms with van der Waals surface area (Å²) in [5, 5.41) is 4.10. The first kappa shape index (κ1) is 10.8. The molecule has 2 rings (SSSR count). The molecule has 1 heterocycles. The van der Waals surface area contributed by atoms with Crippen molar-refractivity contribution in [2.24, 2.45) is 12.8 Å². The first-order valence-electron chi connectivity index (χ1n) is 4.80. The summed E-state index contributed by atoms with van der Waals surface area (Å²) in [5.41, 5.74) is 7.01. The molecule has 5 heteroatoms. The van der Waals surface area contributed by atoms with Gasteiger partial charge in [-0.1, -0.05) is 0 Å². The third-order valence-corrected chi connectivity index (χ3v) is 2.35. The number of hydrogen-bond donors (Lipinski definition) is 1. The predicted octanol–water partition coefficient (Wildman–Crippen LogP) is 1.82. The average molecular weight is 223 g/mol. The minimum absolute atomic E-state index is 0.288. The van der Waals surface area contributed by atoms with E-state index >= 15 is 0 Å². The molecule has 0 atom stereocenters. The molecule has 0 bridgehead atoms. The zero-order chi connectivity index (χ0) is 11.7. The molecule has 0 aliphatic carbocycles. The third kappa shape index (κ3) is 1.81. The summed E-state index contributed by atoms with van der Waals surface area (Å²) in [6, 6.07) is 5.15. The van der Waals surface area contributed by atoms with Crippen LogP contribution >= 0.6 is 0 Å². The van der Waals surface area contributed by atoms with Crippen LogP contribution < -0.4 is 5.73 Å². The molecule has 84 valence electrons. The molecule has 2 N–H and O–H groups in total. The van der Waals surface area contributed by atoms with Crippen molar-refractivity contribution in [3.8, 4) is 11.3 Å². The summed E-state index contributed by atoms with van der Waals surface area (Å²) >= 11 is 0. The molecule has 0 fully saturated rings. The van der Waals surface area contributed by atoms with Crippen molar-refractivity contribution in [2.75, 3.05) is 0 Å². The van der Waals surface area contributed by atoms with Crippen molar-refractivity contribution in [1.29, 1.82) is 0 Å². The van der Waals surface area contributed by atoms with Gasteiger partial charge in [-0.2, -0.15) is 5.10 Å². The lowest BCUT2D eigenvalue weighted by atomic mass is 10.1. The lowest BCUT2D eigenvalue weighted by Gasteiger charge is -2.03. The Morgan fingerprint density at radius 2 is 2.06 bits per heavy atom. The van der Waals surface area contributed by atoms with E-state index in [9.17, 15) is 8.78 Å². The molecule has 0 saturated heterocycles. The normalized spacial score (nSPS) is 10.8. The number of rotatable bonds is 2. The highest BCUT2D eigenvalue weighted by Crippen LogP contribution is 2.23. The van der Waals surface area contributed by atoms with Crippen LogP contribution in [-0.2, 0) is 13.6 Å². The Morgan fingerprint density at radius 1 is 1.31 bits per heavy atom. The van der Waals surface area contributed by atoms with Crippen molar-refractivity contribution in [2.45, 2.75) is 6.54 Å². The smallest absolute Gasteiger partial charge is 0.135 e. The lowest BCUT2D eigenvalue weighted by Crippen LogP contribution is -1.99. The van der Waals surface area contributed by atoms with Crippen molar-refractivity contribution in [3.05, 3.63) is 41.6 Å². The molecule has 0 unspecified atom stereocenters. The maximum Gasteiger partial charge on any atom is 0.135 e. The number of nitrogens with two attached hydrogens (primary N) is 1. The van der Waals surface area contributed by atoms with E-state index in [1.807, 2.05) is 0 Å². The second-order valence-electron chi connectivity index (χ2n) is 3.47. The van der Waals surface area contributed by atoms with Gasteiger partial charge in [-0.05, 0) is 18.2 Å². The molecule has 0 aliphatic heterocycles. The van der Waals surface area contributed by atoms with Crippen molar-refractivity contribution >= 4 is 0 Å². The maximum atomic E-state index is 13.5. The van der Waals surface area contributed by atoms with E-state index in [2.05, 4.69) is 5.10 Å². The number of hydrogen-bond acceptors (Lipinski definition) is 2. The highest BCUT2D eigenvalue weighted by molar-refractivity contribution is 5.60. The largest absolute Gasteiger partial charge is 0.325 e. The molecule has 0 aliphatic rings. The van der Waals surface area contributed by atoms with Crippen LogP contribution in [-0.4, -0.2) is 9.78 Å². The van der Waals surface area contributed by atoms with Crippen LogP contribution in [0.3, 0.4) is 0 Å². The maximum absolute atomic E-state index is 13.5. The molecule has 1 aromatic heterocycles. The fourth-order valence-electron chi connectivity index (χ4n) is 1.58. The number of halogens is 2. The summed E-state index contributed by atoms with van der Waals surface area (Å²) in [7, 11) is 1.69. The SMILES string of the molecule is Cn1nc(CN)cc1-c1ccc(F)cc1F. The molecular weight excluding hydrogens is 212 g/mol. The van der Waals surface area contributed by atoms with Crippen molar-refractivity contribution < 1.29 is 8.78 Å². The van der Waals surface area contributed by atoms with Crippen LogP contribution in [0.5, 0.6) is 0 Å². The Morgan fingerprint density at radius 3 is 2.62 bits per heavy atom. The Kier molecular flexibility index (Phi) is 2.70. The van der Waals surface area contributed by atoms with Gasteiger partial charge in [-0.3, -0.25) is 4.68 Å². The Labute approximate surface area is 91.5 Å². The van der Waals surface area contributed by atoms with Gasteiger partial charge in [0.1, 0.15) is 11.6 Å². The van der Waals surface area contributed by atoms with Gasteiger partial charge in [-0.15, -0.1) is 0 Å². The van der Waals surface area contributed by atoms with Crippen LogP contribution in [0, 0.1) is 11.6 Å². The zero-order valence-corrected chi connectivity index (χ0v) is 8.74. The fourth-order valence-corrected chi connectivity index (χ4v) is 1.58. The number of nitrogens with zero attached hydrogens (tertiary/aromatic N) is 2. The minimum Gasteiger partial charge on any atom is -0.325 e. The van der Waals surface area contributed by atoms with Gasteiger partial charge in [0.15, 0.2) is 0 Å². The van der Waals surface area contributed by atoms with E-state index in [-0.39, 0.29) is 6.54 Å². The van der Waals surface area contributed by atoms with E-state index in [4.69, 9.17) is 5.73 Å². The zero-order valence-electron chi connectivity index (χ0n) is 8.74. The summed E-state index contributed by atoms with van der Waals surface area (Å²) in [4.78, 5) is 0. The number of benzene rings is 1. The first-order valence-corrected chi connectivity index (χ1v) is 4.80. The molecule has 0 saturated carbocycles. The van der Waals surface area contributed by atoms with Gasteiger partial charge < -0.3 is 5.73 Å². The van der Waals surface area contributed by atoms with Crippen LogP contribution in [0.1, 0.15) is 5.69 Å². The highest BCUT2D eigenvalue weighted by atomic mass is 19.1. The summed E-state index contributed by atoms with van der Waals surface area (Å²) in [6.45, 7) is 0.288. The van der Waals surface area contributed by atoms with Gasteiger partial charge in [-0.25, -0.2) is 8.78 Å². The first-order chi connectivity index (χ1) is 7.61. The second kappa shape index (κ2) is 4.02. The summed E-state index contributed by atoms with van der Waals surface area (Å²) < 4.78 is 27.8. The Bertz CT molecular complexity index is 520. The van der Waals surface area contributed by atoms with Crippen LogP contribution in [0.15, 0.2) is 24.3 Å². The van der Waals surface area contributed by atoms with Crippen LogP contribution in [0.25, 0.3) is 11.3 Å². The molecule has 16 heavy (non-hydrogen) atoms. The van der Waals surface area contributed by atoms with Crippen LogP contribution in [0.4, 0.5) is 8.78 Å². The van der Waals surface area contributed by atoms with Gasteiger partial charge in [0.25, 0.3) is 0 Å². The predicted molar refractivity (Wildman–Crippen MR) is 56.5 cm³/mol. The standard InChI is InChI=1S/C11H11F2N3/c1-16-11(5-8(6-14)15-16)9-3-2-7(12)4-10(9)13/h2-5H,6,14H2,1H3. The molecular formula is C11H11F2N3. The molecule has 0 radical (unpaired) electrons. The molecule has 0 amide bonds. The van der Waals surface area contributed by atoms with E-state index in [0.29, 0.717) is 17.0 Å². The van der Waals surface area contributed by atoms with Crippen molar-refractivity contribution in [3.63, 3.8) is 0 Å². The second-order valence-corrected chi connectivity index (χ2v) is 3.47. The van der Waals surface area contributed by atoms with Gasteiger partial charge in [0.2, 0.25) is 0 Å². The van der Waals surface area contributed by atoms with E-state index in [0.717, 1.165) is 6.07 Å². The van der Waals surface area contributed by atoms with E-state index in [1.165, 1.54) is 16.8 Å². The van der Waals surface area contributed by atoms with Crippen molar-refractivity contribution in [1.82, 2.24) is 9.78 Å². The van der Waals surface area contributed by atoms with E-state index in [1.54, 1.807) is 13.1 Å². The molecule has 3 nitrogen and oxygen atoms in total. The molecule has 0 spiro atoms. The number of aryl methyl sites for hydroxylation is 1. The van der Waals surface area contributed by atoms with E-state index < -0.39 is 11.6 Å². The lowest BCUT2D eigenvalue weighted by molar-refractivity contribution is 0.584. The average Bonchev–Trinajstić information content (AvgIpc) is 2.60. The quantitative estimate of drug-likeness (QED) is 0.844. The van der Waals surface area contributed by atoms with Gasteiger partial charge in [0, 0.05) is 25.2 Å². The monoisotopic (exact) mass is 223 g/mol. The molecule has 2 aromatic rings. The fraction of sp³-hybridized carbons (Fsp3) is 0.182. The van der Waals surface area contributed by atoms with Crippen LogP contribution in [0.2, 0.25) is 0 Å². The highest BCUT2D eigenvalue weighted by Gasteiger charge is 2.11. The van der Waals surface area contributed by atoms with Gasteiger partial charge >= 0.3 is 0 Å². The minimum atomic E-state index is -0.605. The number of aromatic nitrogens is 2. The summed E-state index contributed by atoms with van der Waals surface area (Å²) in [6.07, 6.45) is 0. The Balaban J connectivity index is 2.53.